The van der Waals surface area contributed by atoms with Gasteiger partial charge in [-0.05, 0) is 120 Å². The highest BCUT2D eigenvalue weighted by Gasteiger charge is 2.51. The molecule has 3 aromatic carbocycles. The Labute approximate surface area is 506 Å². The van der Waals surface area contributed by atoms with E-state index >= 15 is 0 Å². The van der Waals surface area contributed by atoms with Gasteiger partial charge in [-0.25, -0.2) is 19.3 Å². The van der Waals surface area contributed by atoms with Crippen LogP contribution >= 0.6 is 0 Å². The third-order valence-corrected chi connectivity index (χ3v) is 20.9. The standard InChI is InChI=1S/C65H86N6O14Si/c1-16-25-82-62(76)57(72)56(39(3)4)67-58(73)43(8)66-35-45-21-23-46(24-22-45)38-84-63(77)70-44(9)49-29-40(5)36-68(49)60(75)48-32-54(79-13)55(34-50(48)70)81-28-20-18-19-27-80-53-33-51-47(31-42(53)7)59(74)69-37-41(6)30-52(69)61(71(51)64(78)83-26-17-2)85-86(14,15)65(10,11)12/h16-17,21-24,31-34,36-37,39,43-44,49,52,56,61,66H,1-2,18-20,25-30,35,38H2,3-15H3,(H,67,73)/t43-,44-,49-,52-,56-,61-/m0/s1. The number of esters is 1. The number of nitrogens with one attached hydrogen (secondary N) is 2. The van der Waals surface area contributed by atoms with Crippen LogP contribution in [-0.2, 0) is 46.2 Å². The molecule has 0 aliphatic carbocycles. The van der Waals surface area contributed by atoms with Gasteiger partial charge in [-0.2, -0.15) is 0 Å². The topological polar surface area (TPSA) is 221 Å². The molecule has 0 fully saturated rings. The molecule has 0 aromatic heterocycles. The second-order valence-electron chi connectivity index (χ2n) is 24.4. The average Bonchev–Trinajstić information content (AvgIpc) is 1.66. The molecule has 2 N–H and O–H groups in total. The van der Waals surface area contributed by atoms with E-state index in [4.69, 9.17) is 32.8 Å². The molecule has 4 aliphatic rings. The van der Waals surface area contributed by atoms with E-state index < -0.39 is 68.6 Å². The monoisotopic (exact) mass is 1200 g/mol. The van der Waals surface area contributed by atoms with Crippen LogP contribution in [0.25, 0.3) is 0 Å². The molecule has 20 nitrogen and oxygen atoms in total. The third-order valence-electron chi connectivity index (χ3n) is 16.5. The molecule has 4 aliphatic heterocycles. The summed E-state index contributed by atoms with van der Waals surface area (Å²) in [6, 6.07) is 11.0. The first-order valence-electron chi connectivity index (χ1n) is 29.5. The van der Waals surface area contributed by atoms with Gasteiger partial charge in [0.1, 0.15) is 31.6 Å². The van der Waals surface area contributed by atoms with E-state index in [-0.39, 0.29) is 60.8 Å². The third kappa shape index (κ3) is 14.9. The summed E-state index contributed by atoms with van der Waals surface area (Å²) < 4.78 is 42.3. The van der Waals surface area contributed by atoms with Crippen LogP contribution in [0.5, 0.6) is 17.2 Å². The quantitative estimate of drug-likeness (QED) is 0.0201. The van der Waals surface area contributed by atoms with Crippen LogP contribution in [0.2, 0.25) is 18.1 Å². The van der Waals surface area contributed by atoms with Gasteiger partial charge in [0.15, 0.2) is 26.0 Å². The SMILES string of the molecule is C=CCOC(=O)C(=O)[C@@H](NC(=O)[C@H](C)NCc1ccc(COC(=O)N2c3cc(OCCCCCOc4cc5c(cc4C)C(=O)N4C=C(C)C[C@H]4[C@H](O[Si](C)(C)C(C)(C)C)N5C(=O)OCC=C)c(OC)cc3C(=O)N3C=C(C)C[C@H]3[C@@H]2C)cc1)C(C)C. The van der Waals surface area contributed by atoms with Gasteiger partial charge in [0.2, 0.25) is 5.91 Å². The second-order valence-corrected chi connectivity index (χ2v) is 29.2. The molecule has 0 saturated carbocycles. The minimum atomic E-state index is -2.55. The van der Waals surface area contributed by atoms with Crippen molar-refractivity contribution in [1.82, 2.24) is 20.4 Å². The number of benzene rings is 3. The average molecular weight is 1200 g/mol. The maximum atomic E-state index is 14.4. The summed E-state index contributed by atoms with van der Waals surface area (Å²) in [5, 5.41) is 5.61. The zero-order valence-electron chi connectivity index (χ0n) is 52.2. The molecule has 0 spiro atoms. The highest BCUT2D eigenvalue weighted by Crippen LogP contribution is 2.46. The fourth-order valence-electron chi connectivity index (χ4n) is 10.6. The molecule has 0 radical (unpaired) electrons. The Morgan fingerprint density at radius 1 is 0.721 bits per heavy atom. The lowest BCUT2D eigenvalue weighted by molar-refractivity contribution is -0.154. The Morgan fingerprint density at radius 3 is 1.87 bits per heavy atom. The van der Waals surface area contributed by atoms with E-state index in [2.05, 4.69) is 57.7 Å². The summed E-state index contributed by atoms with van der Waals surface area (Å²) in [7, 11) is -1.05. The van der Waals surface area contributed by atoms with Crippen molar-refractivity contribution < 1.29 is 66.4 Å². The number of hydrogen-bond acceptors (Lipinski definition) is 15. The van der Waals surface area contributed by atoms with E-state index in [0.29, 0.717) is 85.0 Å². The zero-order chi connectivity index (χ0) is 62.9. The summed E-state index contributed by atoms with van der Waals surface area (Å²) in [5.41, 5.74) is 5.52. The Bertz CT molecular complexity index is 3130. The molecular weight excluding hydrogens is 1120 g/mol. The van der Waals surface area contributed by atoms with E-state index in [0.717, 1.165) is 22.3 Å². The number of anilines is 2. The number of aryl methyl sites for hydroxylation is 1. The Balaban J connectivity index is 0.997. The van der Waals surface area contributed by atoms with Gasteiger partial charge < -0.3 is 53.3 Å². The van der Waals surface area contributed by atoms with Crippen LogP contribution in [-0.4, -0.2) is 130 Å². The lowest BCUT2D eigenvalue weighted by Gasteiger charge is -2.44. The first-order chi connectivity index (χ1) is 40.7. The number of unbranched alkanes of at least 4 members (excludes halogenated alkanes) is 2. The number of methoxy groups -OCH3 is 1. The van der Waals surface area contributed by atoms with Gasteiger partial charge >= 0.3 is 18.2 Å². The second kappa shape index (κ2) is 28.2. The number of carbonyl (C=O) groups is 7. The van der Waals surface area contributed by atoms with Crippen molar-refractivity contribution in [1.29, 1.82) is 0 Å². The van der Waals surface area contributed by atoms with E-state index in [1.165, 1.54) is 29.1 Å². The summed E-state index contributed by atoms with van der Waals surface area (Å²) in [4.78, 5) is 102. The molecule has 464 valence electrons. The van der Waals surface area contributed by atoms with Gasteiger partial charge in [0, 0.05) is 31.1 Å². The van der Waals surface area contributed by atoms with Crippen LogP contribution in [0, 0.1) is 12.8 Å². The predicted molar refractivity (Wildman–Crippen MR) is 330 cm³/mol. The minimum absolute atomic E-state index is 0.0294. The minimum Gasteiger partial charge on any atom is -0.493 e. The van der Waals surface area contributed by atoms with Crippen molar-refractivity contribution in [3.05, 3.63) is 125 Å². The predicted octanol–water partition coefficient (Wildman–Crippen LogP) is 10.8. The highest BCUT2D eigenvalue weighted by atomic mass is 28.4. The largest absolute Gasteiger partial charge is 0.493 e. The van der Waals surface area contributed by atoms with Crippen molar-refractivity contribution in [2.24, 2.45) is 5.92 Å². The van der Waals surface area contributed by atoms with Gasteiger partial charge in [0.25, 0.3) is 17.6 Å². The van der Waals surface area contributed by atoms with Crippen LogP contribution in [0.4, 0.5) is 21.0 Å². The maximum Gasteiger partial charge on any atom is 0.416 e. The van der Waals surface area contributed by atoms with E-state index in [9.17, 15) is 33.6 Å². The lowest BCUT2D eigenvalue weighted by atomic mass is 9.99. The zero-order valence-corrected chi connectivity index (χ0v) is 53.2. The Hall–Kier alpha value is -7.75. The number of ketones is 1. The van der Waals surface area contributed by atoms with Crippen LogP contribution < -0.4 is 34.6 Å². The molecule has 21 heteroatoms. The summed E-state index contributed by atoms with van der Waals surface area (Å²) in [5.74, 6) is -2.06. The van der Waals surface area contributed by atoms with E-state index in [1.807, 2.05) is 64.4 Å². The van der Waals surface area contributed by atoms with Crippen LogP contribution in [0.1, 0.15) is 132 Å². The molecule has 6 atom stereocenters. The number of rotatable bonds is 25. The molecule has 4 heterocycles. The molecule has 3 aromatic rings. The number of nitrogens with zero attached hydrogens (tertiary/aromatic N) is 4. The molecule has 0 bridgehead atoms. The van der Waals surface area contributed by atoms with Gasteiger partial charge in [0.05, 0.1) is 67.0 Å². The first-order valence-corrected chi connectivity index (χ1v) is 32.4. The fraction of sp³-hybridized carbons (Fsp3) is 0.492. The molecule has 0 unspecified atom stereocenters. The number of fused-ring (bicyclic) bond motifs is 4. The Kier molecular flexibility index (Phi) is 21.6. The van der Waals surface area contributed by atoms with Crippen molar-refractivity contribution >= 4 is 61.4 Å². The Morgan fingerprint density at radius 2 is 1.27 bits per heavy atom. The first kappa shape index (κ1) is 65.8. The van der Waals surface area contributed by atoms with Crippen molar-refractivity contribution in [2.75, 3.05) is 43.3 Å². The van der Waals surface area contributed by atoms with Gasteiger partial charge in [-0.15, -0.1) is 0 Å². The number of carbonyl (C=O) groups excluding carboxylic acids is 7. The lowest BCUT2D eigenvalue weighted by Crippen LogP contribution is -2.57. The highest BCUT2D eigenvalue weighted by molar-refractivity contribution is 6.74. The summed E-state index contributed by atoms with van der Waals surface area (Å²) in [6.45, 7) is 31.3. The van der Waals surface area contributed by atoms with Crippen molar-refractivity contribution in [3.63, 3.8) is 0 Å². The normalized spacial score (nSPS) is 18.9. The number of hydrogen-bond donors (Lipinski definition) is 2. The molecule has 0 saturated heterocycles. The molecule has 5 amide bonds. The number of amides is 5. The van der Waals surface area contributed by atoms with Crippen LogP contribution in [0.15, 0.2) is 97.4 Å². The molecular formula is C65H86N6O14Si. The fourth-order valence-corrected chi connectivity index (χ4v) is 11.8. The molecule has 7 rings (SSSR count). The maximum absolute atomic E-state index is 14.4. The summed E-state index contributed by atoms with van der Waals surface area (Å²) >= 11 is 0. The van der Waals surface area contributed by atoms with Gasteiger partial charge in [-0.1, -0.05) is 95.3 Å². The van der Waals surface area contributed by atoms with Crippen molar-refractivity contribution in [2.45, 2.75) is 169 Å². The van der Waals surface area contributed by atoms with Crippen LogP contribution in [0.3, 0.4) is 0 Å². The van der Waals surface area contributed by atoms with Crippen molar-refractivity contribution in [3.8, 4) is 17.2 Å². The van der Waals surface area contributed by atoms with Gasteiger partial charge in [-0.3, -0.25) is 24.1 Å². The smallest absolute Gasteiger partial charge is 0.416 e. The molecule has 86 heavy (non-hydrogen) atoms. The number of ether oxygens (including phenoxy) is 6. The summed E-state index contributed by atoms with van der Waals surface area (Å²) in [6.07, 6.45) is 7.42. The number of Topliss-reactive ketones (excluding diaryl/α,β-unsaturated/α-hetero) is 1. The van der Waals surface area contributed by atoms with E-state index in [1.54, 1.807) is 54.8 Å².